The van der Waals surface area contributed by atoms with Crippen LogP contribution in [0.3, 0.4) is 0 Å². The molecule has 0 unspecified atom stereocenters. The minimum atomic E-state index is -1.55. The largest absolute Gasteiger partial charge is 0.385 e. The van der Waals surface area contributed by atoms with Gasteiger partial charge in [-0.1, -0.05) is 6.07 Å². The van der Waals surface area contributed by atoms with Crippen LogP contribution in [0.1, 0.15) is 24.2 Å². The number of hydrogen-bond acceptors (Lipinski definition) is 5. The fourth-order valence-electron chi connectivity index (χ4n) is 3.31. The number of imidazole rings is 1. The predicted octanol–water partition coefficient (Wildman–Crippen LogP) is 2.13. The van der Waals surface area contributed by atoms with Crippen LogP contribution in [-0.4, -0.2) is 37.8 Å². The zero-order valence-corrected chi connectivity index (χ0v) is 12.8. The molecule has 0 bridgehead atoms. The van der Waals surface area contributed by atoms with E-state index in [1.54, 1.807) is 12.4 Å². The van der Waals surface area contributed by atoms with E-state index in [0.717, 1.165) is 34.5 Å². The molecule has 2 aliphatic rings. The maximum atomic E-state index is 14.2. The number of hydrogen-bond donors (Lipinski definition) is 1. The van der Waals surface area contributed by atoms with Gasteiger partial charge in [-0.05, 0) is 24.1 Å². The Hall–Kier alpha value is -2.38. The average molecular weight is 326 g/mol. The van der Waals surface area contributed by atoms with Crippen LogP contribution < -0.4 is 0 Å². The summed E-state index contributed by atoms with van der Waals surface area (Å²) in [6.45, 7) is 0.793. The van der Waals surface area contributed by atoms with Gasteiger partial charge in [-0.3, -0.25) is 0 Å². The molecule has 2 aliphatic heterocycles. The Kier molecular flexibility index (Phi) is 2.81. The number of benzene rings is 1. The van der Waals surface area contributed by atoms with Crippen molar-refractivity contribution in [2.75, 3.05) is 13.2 Å². The van der Waals surface area contributed by atoms with Gasteiger partial charge in [-0.25, -0.2) is 19.3 Å². The summed E-state index contributed by atoms with van der Waals surface area (Å²) in [5.41, 5.74) is 2.05. The monoisotopic (exact) mass is 326 g/mol. The molecule has 0 amide bonds. The van der Waals surface area contributed by atoms with Crippen LogP contribution in [0.2, 0.25) is 0 Å². The number of halogens is 1. The van der Waals surface area contributed by atoms with Gasteiger partial charge in [-0.2, -0.15) is 0 Å². The second-order valence-electron chi connectivity index (χ2n) is 6.38. The molecule has 1 N–H and O–H groups in total. The van der Waals surface area contributed by atoms with Crippen molar-refractivity contribution < 1.29 is 14.2 Å². The fraction of sp³-hybridized carbons (Fsp3) is 0.353. The van der Waals surface area contributed by atoms with Crippen molar-refractivity contribution in [3.05, 3.63) is 42.2 Å². The summed E-state index contributed by atoms with van der Waals surface area (Å²) in [7, 11) is 0. The molecule has 0 radical (unpaired) electrons. The van der Waals surface area contributed by atoms with Gasteiger partial charge in [0, 0.05) is 24.5 Å². The molecule has 4 heterocycles. The van der Waals surface area contributed by atoms with Crippen molar-refractivity contribution in [2.45, 2.75) is 24.7 Å². The molecule has 0 aliphatic carbocycles. The highest BCUT2D eigenvalue weighted by Crippen LogP contribution is 2.33. The van der Waals surface area contributed by atoms with E-state index in [-0.39, 0.29) is 19.0 Å². The third-order valence-corrected chi connectivity index (χ3v) is 4.75. The highest BCUT2D eigenvalue weighted by molar-refractivity contribution is 5.82. The van der Waals surface area contributed by atoms with Crippen LogP contribution in [-0.2, 0) is 17.0 Å². The Morgan fingerprint density at radius 2 is 2.00 bits per heavy atom. The SMILES string of the molecule is O[C@@H]1CCn2c1nc1ccc(-c3cnc(C4(F)COC4)nc3)cc12. The molecule has 0 saturated carbocycles. The Morgan fingerprint density at radius 1 is 1.21 bits per heavy atom. The van der Waals surface area contributed by atoms with E-state index in [9.17, 15) is 9.50 Å². The van der Waals surface area contributed by atoms with Crippen molar-refractivity contribution in [3.8, 4) is 11.1 Å². The normalized spacial score (nSPS) is 21.7. The third-order valence-electron chi connectivity index (χ3n) is 4.75. The Labute approximate surface area is 136 Å². The summed E-state index contributed by atoms with van der Waals surface area (Å²) < 4.78 is 21.2. The molecule has 3 aromatic rings. The maximum Gasteiger partial charge on any atom is 0.215 e. The lowest BCUT2D eigenvalue weighted by Gasteiger charge is -2.31. The molecular weight excluding hydrogens is 311 g/mol. The van der Waals surface area contributed by atoms with E-state index in [0.29, 0.717) is 6.42 Å². The summed E-state index contributed by atoms with van der Waals surface area (Å²) >= 11 is 0. The van der Waals surface area contributed by atoms with Crippen molar-refractivity contribution >= 4 is 11.0 Å². The molecule has 1 saturated heterocycles. The van der Waals surface area contributed by atoms with Gasteiger partial charge in [0.25, 0.3) is 0 Å². The first kappa shape index (κ1) is 14.0. The maximum absolute atomic E-state index is 14.2. The number of rotatable bonds is 2. The van der Waals surface area contributed by atoms with Crippen molar-refractivity contribution in [1.82, 2.24) is 19.5 Å². The van der Waals surface area contributed by atoms with Crippen LogP contribution in [0.4, 0.5) is 4.39 Å². The van der Waals surface area contributed by atoms with Gasteiger partial charge in [0.1, 0.15) is 11.9 Å². The molecule has 2 aromatic heterocycles. The van der Waals surface area contributed by atoms with Crippen molar-refractivity contribution in [1.29, 1.82) is 0 Å². The summed E-state index contributed by atoms with van der Waals surface area (Å²) in [5, 5.41) is 9.96. The molecule has 122 valence electrons. The fourth-order valence-corrected chi connectivity index (χ4v) is 3.31. The van der Waals surface area contributed by atoms with E-state index in [2.05, 4.69) is 15.0 Å². The predicted molar refractivity (Wildman–Crippen MR) is 83.9 cm³/mol. The Balaban J connectivity index is 1.54. The number of ether oxygens (including phenoxy) is 1. The summed E-state index contributed by atoms with van der Waals surface area (Å²) in [6, 6.07) is 5.88. The van der Waals surface area contributed by atoms with E-state index in [1.807, 2.05) is 22.8 Å². The molecule has 1 aromatic carbocycles. The van der Waals surface area contributed by atoms with Crippen LogP contribution in [0.5, 0.6) is 0 Å². The van der Waals surface area contributed by atoms with Gasteiger partial charge in [0.05, 0.1) is 24.2 Å². The van der Waals surface area contributed by atoms with Crippen LogP contribution in [0.25, 0.3) is 22.2 Å². The number of aryl methyl sites for hydroxylation is 1. The average Bonchev–Trinajstić information content (AvgIpc) is 3.12. The smallest absolute Gasteiger partial charge is 0.215 e. The van der Waals surface area contributed by atoms with E-state index < -0.39 is 11.8 Å². The molecule has 5 rings (SSSR count). The minimum Gasteiger partial charge on any atom is -0.385 e. The molecule has 0 spiro atoms. The quantitative estimate of drug-likeness (QED) is 0.781. The van der Waals surface area contributed by atoms with Gasteiger partial charge in [0.2, 0.25) is 5.67 Å². The standard InChI is InChI=1S/C17H15FN4O2/c18-17(8-24-9-17)16-19-6-11(7-20-16)10-1-2-12-13(5-10)22-4-3-14(23)15(22)21-12/h1-2,5-7,14,23H,3-4,8-9H2/t14-/m1/s1. The minimum absolute atomic E-state index is 0.0165. The number of aliphatic hydroxyl groups excluding tert-OH is 1. The van der Waals surface area contributed by atoms with Crippen LogP contribution >= 0.6 is 0 Å². The second kappa shape index (κ2) is 4.81. The van der Waals surface area contributed by atoms with Gasteiger partial charge >= 0.3 is 0 Å². The van der Waals surface area contributed by atoms with Crippen molar-refractivity contribution in [2.24, 2.45) is 0 Å². The molecule has 7 heteroatoms. The van der Waals surface area contributed by atoms with Gasteiger partial charge in [-0.15, -0.1) is 0 Å². The number of alkyl halides is 1. The zero-order chi connectivity index (χ0) is 16.3. The van der Waals surface area contributed by atoms with Crippen LogP contribution in [0, 0.1) is 0 Å². The number of aliphatic hydroxyl groups is 1. The number of nitrogens with zero attached hydrogens (tertiary/aromatic N) is 4. The summed E-state index contributed by atoms with van der Waals surface area (Å²) in [6.07, 6.45) is 3.48. The lowest BCUT2D eigenvalue weighted by atomic mass is 10.0. The number of aromatic nitrogens is 4. The van der Waals surface area contributed by atoms with Gasteiger partial charge < -0.3 is 14.4 Å². The topological polar surface area (TPSA) is 73.1 Å². The van der Waals surface area contributed by atoms with Crippen LogP contribution in [0.15, 0.2) is 30.6 Å². The first-order chi connectivity index (χ1) is 11.6. The van der Waals surface area contributed by atoms with Crippen molar-refractivity contribution in [3.63, 3.8) is 0 Å². The molecule has 6 nitrogen and oxygen atoms in total. The number of fused-ring (bicyclic) bond motifs is 3. The molecule has 24 heavy (non-hydrogen) atoms. The highest BCUT2D eigenvalue weighted by Gasteiger charge is 2.43. The lowest BCUT2D eigenvalue weighted by Crippen LogP contribution is -2.43. The molecule has 1 atom stereocenters. The molecule has 1 fully saturated rings. The lowest BCUT2D eigenvalue weighted by molar-refractivity contribution is -0.140. The Bertz CT molecular complexity index is 934. The highest BCUT2D eigenvalue weighted by atomic mass is 19.1. The summed E-state index contributed by atoms with van der Waals surface area (Å²) in [4.78, 5) is 12.8. The third kappa shape index (κ3) is 1.91. The zero-order valence-electron chi connectivity index (χ0n) is 12.8. The van der Waals surface area contributed by atoms with E-state index >= 15 is 0 Å². The van der Waals surface area contributed by atoms with E-state index in [1.165, 1.54) is 0 Å². The second-order valence-corrected chi connectivity index (χ2v) is 6.38. The Morgan fingerprint density at radius 3 is 2.71 bits per heavy atom. The first-order valence-corrected chi connectivity index (χ1v) is 7.92. The molecular formula is C17H15FN4O2. The summed E-state index contributed by atoms with van der Waals surface area (Å²) in [5.74, 6) is 0.894. The van der Waals surface area contributed by atoms with E-state index in [4.69, 9.17) is 4.74 Å². The first-order valence-electron chi connectivity index (χ1n) is 7.92. The van der Waals surface area contributed by atoms with Gasteiger partial charge in [0.15, 0.2) is 5.82 Å².